The molecule has 3 N–H and O–H groups in total. The zero-order chi connectivity index (χ0) is 17.2. The molecule has 1 fully saturated rings. The van der Waals surface area contributed by atoms with Crippen LogP contribution in [0.25, 0.3) is 0 Å². The van der Waals surface area contributed by atoms with Gasteiger partial charge in [0.25, 0.3) is 5.91 Å². The Kier molecular flexibility index (Phi) is 4.33. The van der Waals surface area contributed by atoms with Gasteiger partial charge < -0.3 is 20.2 Å². The molecule has 2 aromatic rings. The summed E-state index contributed by atoms with van der Waals surface area (Å²) in [5.41, 5.74) is -0.855. The van der Waals surface area contributed by atoms with Crippen LogP contribution in [0.4, 0.5) is 5.69 Å². The smallest absolute Gasteiger partial charge is 0.253 e. The van der Waals surface area contributed by atoms with E-state index < -0.39 is 15.6 Å². The van der Waals surface area contributed by atoms with E-state index >= 15 is 0 Å². The molecule has 0 saturated carbocycles. The molecular formula is C16H18N2O5S. The number of benzene rings is 1. The second-order valence-electron chi connectivity index (χ2n) is 5.81. The molecule has 0 bridgehead atoms. The van der Waals surface area contributed by atoms with Crippen LogP contribution in [-0.2, 0) is 16.4 Å². The zero-order valence-electron chi connectivity index (χ0n) is 12.9. The lowest BCUT2D eigenvalue weighted by Gasteiger charge is -2.25. The maximum Gasteiger partial charge on any atom is 0.253 e. The van der Waals surface area contributed by atoms with E-state index in [2.05, 4.69) is 10.6 Å². The normalized spacial score (nSPS) is 22.2. The van der Waals surface area contributed by atoms with Crippen molar-refractivity contribution in [3.63, 3.8) is 0 Å². The van der Waals surface area contributed by atoms with Gasteiger partial charge >= 0.3 is 0 Å². The van der Waals surface area contributed by atoms with E-state index in [0.29, 0.717) is 17.0 Å². The van der Waals surface area contributed by atoms with Crippen molar-refractivity contribution in [3.8, 4) is 0 Å². The van der Waals surface area contributed by atoms with Crippen molar-refractivity contribution in [2.24, 2.45) is 0 Å². The Morgan fingerprint density at radius 1 is 1.25 bits per heavy atom. The molecule has 7 nitrogen and oxygen atoms in total. The van der Waals surface area contributed by atoms with Crippen molar-refractivity contribution in [2.75, 3.05) is 16.8 Å². The highest BCUT2D eigenvalue weighted by Gasteiger charge is 2.41. The minimum atomic E-state index is -3.27. The van der Waals surface area contributed by atoms with Crippen LogP contribution in [0.1, 0.15) is 22.5 Å². The molecule has 0 radical (unpaired) electrons. The van der Waals surface area contributed by atoms with Gasteiger partial charge in [0.1, 0.15) is 5.76 Å². The summed E-state index contributed by atoms with van der Waals surface area (Å²) in [6.07, 6.45) is 1.60. The molecular weight excluding hydrogens is 332 g/mol. The van der Waals surface area contributed by atoms with E-state index in [0.717, 1.165) is 0 Å². The maximum absolute atomic E-state index is 12.4. The lowest BCUT2D eigenvalue weighted by atomic mass is 10.1. The number of aliphatic hydroxyl groups is 1. The number of anilines is 1. The first-order chi connectivity index (χ1) is 11.4. The number of sulfone groups is 1. The standard InChI is InChI=1S/C16H18N2O5S/c19-15(17-10-12-4-3-8-23-12)13-5-1-2-6-14(13)18-16(20)7-9-24(21,22)11-16/h1-6,8,18,20H,7,9-11H2,(H,17,19)/t16-/m0/s1. The summed E-state index contributed by atoms with van der Waals surface area (Å²) in [7, 11) is -3.27. The van der Waals surface area contributed by atoms with Crippen LogP contribution in [0.2, 0.25) is 0 Å². The van der Waals surface area contributed by atoms with E-state index in [1.54, 1.807) is 36.4 Å². The lowest BCUT2D eigenvalue weighted by Crippen LogP contribution is -2.40. The molecule has 0 aliphatic carbocycles. The fraction of sp³-hybridized carbons (Fsp3) is 0.312. The van der Waals surface area contributed by atoms with Gasteiger partial charge in [0.2, 0.25) is 0 Å². The molecule has 1 aromatic carbocycles. The van der Waals surface area contributed by atoms with E-state index in [9.17, 15) is 18.3 Å². The van der Waals surface area contributed by atoms with Crippen LogP contribution in [0.3, 0.4) is 0 Å². The van der Waals surface area contributed by atoms with Gasteiger partial charge in [-0.1, -0.05) is 12.1 Å². The quantitative estimate of drug-likeness (QED) is 0.698. The van der Waals surface area contributed by atoms with Crippen molar-refractivity contribution in [3.05, 3.63) is 54.0 Å². The number of hydrogen-bond acceptors (Lipinski definition) is 6. The molecule has 0 spiro atoms. The summed E-state index contributed by atoms with van der Waals surface area (Å²) in [5.74, 6) is -0.181. The Morgan fingerprint density at radius 2 is 2.04 bits per heavy atom. The molecule has 1 amide bonds. The largest absolute Gasteiger partial charge is 0.467 e. The number of carbonyl (C=O) groups excluding carboxylic acids is 1. The van der Waals surface area contributed by atoms with Crippen LogP contribution in [-0.4, -0.2) is 36.7 Å². The van der Waals surface area contributed by atoms with Crippen molar-refractivity contribution in [2.45, 2.75) is 18.7 Å². The van der Waals surface area contributed by atoms with Crippen molar-refractivity contribution >= 4 is 21.4 Å². The van der Waals surface area contributed by atoms with Crippen molar-refractivity contribution < 1.29 is 22.7 Å². The molecule has 8 heteroatoms. The molecule has 1 aromatic heterocycles. The van der Waals surface area contributed by atoms with E-state index in [1.807, 2.05) is 0 Å². The van der Waals surface area contributed by atoms with E-state index in [-0.39, 0.29) is 30.4 Å². The number of nitrogens with one attached hydrogen (secondary N) is 2. The average molecular weight is 350 g/mol. The number of hydrogen-bond donors (Lipinski definition) is 3. The van der Waals surface area contributed by atoms with Crippen LogP contribution in [0.15, 0.2) is 47.1 Å². The summed E-state index contributed by atoms with van der Waals surface area (Å²) in [6, 6.07) is 10.1. The Morgan fingerprint density at radius 3 is 2.71 bits per heavy atom. The lowest BCUT2D eigenvalue weighted by molar-refractivity contribution is 0.0940. The van der Waals surface area contributed by atoms with E-state index in [4.69, 9.17) is 4.42 Å². The number of amides is 1. The van der Waals surface area contributed by atoms with Crippen LogP contribution in [0.5, 0.6) is 0 Å². The molecule has 24 heavy (non-hydrogen) atoms. The van der Waals surface area contributed by atoms with Gasteiger partial charge in [0.05, 0.1) is 29.9 Å². The molecule has 1 aliphatic rings. The summed E-state index contributed by atoms with van der Waals surface area (Å²) < 4.78 is 28.4. The SMILES string of the molecule is O=C(NCc1ccco1)c1ccccc1N[C@]1(O)CCS(=O)(=O)C1. The topological polar surface area (TPSA) is 109 Å². The summed E-state index contributed by atoms with van der Waals surface area (Å²) >= 11 is 0. The Bertz CT molecular complexity index is 832. The van der Waals surface area contributed by atoms with Gasteiger partial charge in [-0.15, -0.1) is 0 Å². The minimum absolute atomic E-state index is 0.0800. The third kappa shape index (κ3) is 3.77. The van der Waals surface area contributed by atoms with Crippen LogP contribution >= 0.6 is 0 Å². The minimum Gasteiger partial charge on any atom is -0.467 e. The molecule has 0 unspecified atom stereocenters. The van der Waals surface area contributed by atoms with Gasteiger partial charge in [-0.3, -0.25) is 4.79 Å². The predicted molar refractivity (Wildman–Crippen MR) is 88.2 cm³/mol. The fourth-order valence-electron chi connectivity index (χ4n) is 2.65. The summed E-state index contributed by atoms with van der Waals surface area (Å²) in [6.45, 7) is 0.235. The summed E-state index contributed by atoms with van der Waals surface area (Å²) in [4.78, 5) is 12.4. The first-order valence-electron chi connectivity index (χ1n) is 7.48. The number of para-hydroxylation sites is 1. The number of furan rings is 1. The monoisotopic (exact) mass is 350 g/mol. The second kappa shape index (κ2) is 6.29. The van der Waals surface area contributed by atoms with E-state index in [1.165, 1.54) is 6.26 Å². The van der Waals surface area contributed by atoms with Gasteiger partial charge in [0.15, 0.2) is 15.6 Å². The fourth-order valence-corrected chi connectivity index (χ4v) is 4.38. The molecule has 1 atom stereocenters. The van der Waals surface area contributed by atoms with Gasteiger partial charge in [0, 0.05) is 12.1 Å². The Hall–Kier alpha value is -2.32. The van der Waals surface area contributed by atoms with Gasteiger partial charge in [-0.2, -0.15) is 0 Å². The molecule has 1 aliphatic heterocycles. The van der Waals surface area contributed by atoms with Gasteiger partial charge in [-0.25, -0.2) is 8.42 Å². The molecule has 2 heterocycles. The second-order valence-corrected chi connectivity index (χ2v) is 7.99. The number of rotatable bonds is 5. The first kappa shape index (κ1) is 16.5. The molecule has 3 rings (SSSR count). The Balaban J connectivity index is 1.74. The van der Waals surface area contributed by atoms with Gasteiger partial charge in [-0.05, 0) is 24.3 Å². The average Bonchev–Trinajstić information content (AvgIpc) is 3.13. The van der Waals surface area contributed by atoms with Crippen LogP contribution < -0.4 is 10.6 Å². The highest BCUT2D eigenvalue weighted by atomic mass is 32.2. The predicted octanol–water partition coefficient (Wildman–Crippen LogP) is 1.13. The maximum atomic E-state index is 12.4. The highest BCUT2D eigenvalue weighted by Crippen LogP contribution is 2.27. The van der Waals surface area contributed by atoms with Crippen molar-refractivity contribution in [1.82, 2.24) is 5.32 Å². The molecule has 1 saturated heterocycles. The zero-order valence-corrected chi connectivity index (χ0v) is 13.7. The van der Waals surface area contributed by atoms with Crippen molar-refractivity contribution in [1.29, 1.82) is 0 Å². The summed E-state index contributed by atoms with van der Waals surface area (Å²) in [5, 5.41) is 16.0. The third-order valence-electron chi connectivity index (χ3n) is 3.83. The molecule has 128 valence electrons. The first-order valence-corrected chi connectivity index (χ1v) is 9.30. The number of carbonyl (C=O) groups is 1. The Labute approximate surface area is 139 Å². The third-order valence-corrected chi connectivity index (χ3v) is 5.57. The highest BCUT2D eigenvalue weighted by molar-refractivity contribution is 7.91. The van der Waals surface area contributed by atoms with Crippen LogP contribution in [0, 0.1) is 0 Å².